The van der Waals surface area contributed by atoms with Gasteiger partial charge in [-0.25, -0.2) is 4.79 Å². The van der Waals surface area contributed by atoms with E-state index in [9.17, 15) is 4.79 Å². The first-order valence-electron chi connectivity index (χ1n) is 10.00. The normalized spacial score (nSPS) is 17.6. The van der Waals surface area contributed by atoms with Gasteiger partial charge in [0, 0.05) is 29.1 Å². The summed E-state index contributed by atoms with van der Waals surface area (Å²) in [5.41, 5.74) is 1.90. The summed E-state index contributed by atoms with van der Waals surface area (Å²) in [6.07, 6.45) is 4.96. The zero-order valence-electron chi connectivity index (χ0n) is 16.4. The Hall–Kier alpha value is -2.73. The van der Waals surface area contributed by atoms with E-state index in [1.165, 1.54) is 10.6 Å². The molecule has 2 aliphatic rings. The molecular weight excluding hydrogens is 390 g/mol. The molecule has 0 atom stereocenters. The maximum atomic E-state index is 12.7. The molecule has 1 fully saturated rings. The van der Waals surface area contributed by atoms with Crippen LogP contribution in [-0.2, 0) is 16.1 Å². The summed E-state index contributed by atoms with van der Waals surface area (Å²) >= 11 is 6.01. The van der Waals surface area contributed by atoms with Crippen LogP contribution in [0.2, 0.25) is 5.02 Å². The number of nitrogens with zero attached hydrogens (tertiary/aromatic N) is 2. The summed E-state index contributed by atoms with van der Waals surface area (Å²) in [7, 11) is 0. The minimum atomic E-state index is -0.753. The van der Waals surface area contributed by atoms with Crippen molar-refractivity contribution in [3.8, 4) is 0 Å². The Morgan fingerprint density at radius 2 is 1.83 bits per heavy atom. The van der Waals surface area contributed by atoms with Crippen LogP contribution < -0.4 is 5.32 Å². The minimum Gasteiger partial charge on any atom is -0.362 e. The van der Waals surface area contributed by atoms with Crippen LogP contribution in [0.1, 0.15) is 50.2 Å². The highest BCUT2D eigenvalue weighted by molar-refractivity contribution is 6.30. The molecule has 0 aromatic heterocycles. The lowest BCUT2D eigenvalue weighted by Crippen LogP contribution is -2.51. The number of hydrogen-bond acceptors (Lipinski definition) is 5. The number of benzene rings is 2. The lowest BCUT2D eigenvalue weighted by atomic mass is 9.91. The molecule has 2 aromatic rings. The van der Waals surface area contributed by atoms with Gasteiger partial charge < -0.3 is 9.68 Å². The van der Waals surface area contributed by atoms with E-state index < -0.39 is 11.8 Å². The van der Waals surface area contributed by atoms with Gasteiger partial charge in [0.2, 0.25) is 11.6 Å². The van der Waals surface area contributed by atoms with Crippen molar-refractivity contribution < 1.29 is 14.5 Å². The van der Waals surface area contributed by atoms with Crippen molar-refractivity contribution in [3.05, 3.63) is 64.7 Å². The summed E-state index contributed by atoms with van der Waals surface area (Å²) < 4.78 is 0. The number of aryl methyl sites for hydroxylation is 1. The quantitative estimate of drug-likeness (QED) is 0.696. The van der Waals surface area contributed by atoms with Gasteiger partial charge in [0.05, 0.1) is 0 Å². The summed E-state index contributed by atoms with van der Waals surface area (Å²) in [4.78, 5) is 24.3. The van der Waals surface area contributed by atoms with Crippen LogP contribution in [0.15, 0.2) is 53.7 Å². The Kier molecular flexibility index (Phi) is 5.62. The molecule has 1 N–H and O–H groups in total. The van der Waals surface area contributed by atoms with E-state index in [1.54, 1.807) is 12.1 Å². The number of amides is 1. The lowest BCUT2D eigenvalue weighted by Gasteiger charge is -2.37. The van der Waals surface area contributed by atoms with E-state index in [0.29, 0.717) is 16.5 Å². The summed E-state index contributed by atoms with van der Waals surface area (Å²) in [6, 6.07) is 14.9. The van der Waals surface area contributed by atoms with E-state index in [1.807, 2.05) is 36.4 Å². The number of amidine groups is 1. The van der Waals surface area contributed by atoms with Crippen LogP contribution in [-0.4, -0.2) is 22.7 Å². The first kappa shape index (κ1) is 19.6. The maximum Gasteiger partial charge on any atom is 0.436 e. The largest absolute Gasteiger partial charge is 0.436 e. The van der Waals surface area contributed by atoms with Gasteiger partial charge in [-0.3, -0.25) is 5.32 Å². The predicted molar refractivity (Wildman–Crippen MR) is 113 cm³/mol. The summed E-state index contributed by atoms with van der Waals surface area (Å²) in [6.45, 7) is 2.09. The zero-order valence-corrected chi connectivity index (χ0v) is 17.1. The van der Waals surface area contributed by atoms with E-state index in [0.717, 1.165) is 44.1 Å². The second-order valence-corrected chi connectivity index (χ2v) is 7.80. The number of hydroxylamine groups is 2. The molecule has 0 radical (unpaired) electrons. The highest BCUT2D eigenvalue weighted by atomic mass is 35.5. The molecule has 0 unspecified atom stereocenters. The van der Waals surface area contributed by atoms with Crippen molar-refractivity contribution >= 4 is 29.2 Å². The SMILES string of the molecule is CCc1ccc(NC(=O)ON2C(c3ccc(Cl)cc3)=NOC23CCCCC3)cc1. The van der Waals surface area contributed by atoms with Crippen molar-refractivity contribution in [2.75, 3.05) is 5.32 Å². The number of anilines is 1. The number of carbonyl (C=O) groups excluding carboxylic acids is 1. The summed E-state index contributed by atoms with van der Waals surface area (Å²) in [5.74, 6) is 0.472. The molecule has 1 aliphatic carbocycles. The van der Waals surface area contributed by atoms with Crippen molar-refractivity contribution in [1.82, 2.24) is 5.06 Å². The number of rotatable bonds is 4. The van der Waals surface area contributed by atoms with Crippen molar-refractivity contribution in [2.24, 2.45) is 5.16 Å². The molecule has 0 bridgehead atoms. The molecule has 2 aromatic carbocycles. The van der Waals surface area contributed by atoms with Crippen molar-refractivity contribution in [1.29, 1.82) is 0 Å². The van der Waals surface area contributed by atoms with Crippen LogP contribution in [0.5, 0.6) is 0 Å². The fourth-order valence-corrected chi connectivity index (χ4v) is 3.86. The van der Waals surface area contributed by atoms with Gasteiger partial charge >= 0.3 is 6.09 Å². The number of oxime groups is 1. The van der Waals surface area contributed by atoms with Crippen LogP contribution in [0.25, 0.3) is 0 Å². The standard InChI is InChI=1S/C22H24ClN3O3/c1-2-16-6-12-19(13-7-16)24-21(27)28-26-20(17-8-10-18(23)11-9-17)25-29-22(26)14-4-3-5-15-22/h6-13H,2-5,14-15H2,1H3,(H,24,27). The van der Waals surface area contributed by atoms with Crippen LogP contribution in [0.4, 0.5) is 10.5 Å². The Morgan fingerprint density at radius 3 is 2.48 bits per heavy atom. The smallest absolute Gasteiger partial charge is 0.362 e. The number of halogens is 1. The Morgan fingerprint density at radius 1 is 1.14 bits per heavy atom. The monoisotopic (exact) mass is 413 g/mol. The summed E-state index contributed by atoms with van der Waals surface area (Å²) in [5, 5.41) is 9.22. The van der Waals surface area contributed by atoms with Gasteiger partial charge in [0.1, 0.15) is 0 Å². The zero-order chi connectivity index (χ0) is 20.3. The van der Waals surface area contributed by atoms with E-state index in [2.05, 4.69) is 17.4 Å². The lowest BCUT2D eigenvalue weighted by molar-refractivity contribution is -0.224. The highest BCUT2D eigenvalue weighted by Gasteiger charge is 2.50. The molecule has 4 rings (SSSR count). The second-order valence-electron chi connectivity index (χ2n) is 7.37. The fraction of sp³-hybridized carbons (Fsp3) is 0.364. The van der Waals surface area contributed by atoms with E-state index >= 15 is 0 Å². The molecule has 1 heterocycles. The van der Waals surface area contributed by atoms with Gasteiger partial charge in [-0.1, -0.05) is 42.2 Å². The third-order valence-corrected chi connectivity index (χ3v) is 5.64. The molecule has 152 valence electrons. The number of carbonyl (C=O) groups is 1. The molecule has 1 aliphatic heterocycles. The first-order chi connectivity index (χ1) is 14.1. The Balaban J connectivity index is 1.54. The van der Waals surface area contributed by atoms with E-state index in [4.69, 9.17) is 21.3 Å². The number of nitrogens with one attached hydrogen (secondary N) is 1. The molecule has 1 spiro atoms. The Labute approximate surface area is 175 Å². The molecule has 29 heavy (non-hydrogen) atoms. The van der Waals surface area contributed by atoms with Crippen LogP contribution in [0, 0.1) is 0 Å². The fourth-order valence-electron chi connectivity index (χ4n) is 3.74. The van der Waals surface area contributed by atoms with Crippen molar-refractivity contribution in [3.63, 3.8) is 0 Å². The van der Waals surface area contributed by atoms with E-state index in [-0.39, 0.29) is 0 Å². The first-order valence-corrected chi connectivity index (χ1v) is 10.4. The van der Waals surface area contributed by atoms with Crippen LogP contribution >= 0.6 is 11.6 Å². The minimum absolute atomic E-state index is 0.472. The third kappa shape index (κ3) is 4.17. The third-order valence-electron chi connectivity index (χ3n) is 5.38. The van der Waals surface area contributed by atoms with Gasteiger partial charge in [-0.15, -0.1) is 5.06 Å². The average molecular weight is 414 g/mol. The molecule has 7 heteroatoms. The van der Waals surface area contributed by atoms with Crippen molar-refractivity contribution in [2.45, 2.75) is 51.2 Å². The highest BCUT2D eigenvalue weighted by Crippen LogP contribution is 2.40. The molecule has 1 saturated carbocycles. The maximum absolute atomic E-state index is 12.7. The van der Waals surface area contributed by atoms with Gasteiger partial charge in [-0.2, -0.15) is 0 Å². The molecule has 0 saturated heterocycles. The van der Waals surface area contributed by atoms with Crippen LogP contribution in [0.3, 0.4) is 0 Å². The molecular formula is C22H24ClN3O3. The number of hydrogen-bond donors (Lipinski definition) is 1. The van der Waals surface area contributed by atoms with Gasteiger partial charge in [-0.05, 0) is 61.2 Å². The Bertz CT molecular complexity index is 891. The second kappa shape index (κ2) is 8.33. The average Bonchev–Trinajstić information content (AvgIpc) is 3.07. The molecule has 6 nitrogen and oxygen atoms in total. The van der Waals surface area contributed by atoms with Gasteiger partial charge in [0.25, 0.3) is 0 Å². The van der Waals surface area contributed by atoms with Gasteiger partial charge in [0.15, 0.2) is 0 Å². The predicted octanol–water partition coefficient (Wildman–Crippen LogP) is 5.72. The molecule has 1 amide bonds. The topological polar surface area (TPSA) is 63.2 Å².